The van der Waals surface area contributed by atoms with Gasteiger partial charge in [-0.1, -0.05) is 19.3 Å². The molecule has 0 saturated heterocycles. The Balaban J connectivity index is 1.78. The van der Waals surface area contributed by atoms with Gasteiger partial charge in [0.1, 0.15) is 5.82 Å². The molecule has 2 aliphatic carbocycles. The highest BCUT2D eigenvalue weighted by Crippen LogP contribution is 2.42. The van der Waals surface area contributed by atoms with E-state index in [9.17, 15) is 0 Å². The number of hydrogen-bond acceptors (Lipinski definition) is 2. The van der Waals surface area contributed by atoms with Crippen LogP contribution in [-0.4, -0.2) is 23.6 Å². The molecule has 0 atom stereocenters. The van der Waals surface area contributed by atoms with E-state index in [1.165, 1.54) is 56.5 Å². The second-order valence-electron chi connectivity index (χ2n) is 5.83. The van der Waals surface area contributed by atoms with Gasteiger partial charge < -0.3 is 10.3 Å². The maximum absolute atomic E-state index is 4.68. The first kappa shape index (κ1) is 11.3. The van der Waals surface area contributed by atoms with Crippen LogP contribution in [0.25, 0.3) is 0 Å². The largest absolute Gasteiger partial charge is 0.345 e. The standard InChI is InChI=1S/C14H23N3/c1-15-10-14(7-4-8-14)13-16-9-12(17-13)11-5-2-3-6-11/h9,11,15H,2-8,10H2,1H3,(H,16,17). The van der Waals surface area contributed by atoms with Crippen LogP contribution < -0.4 is 5.32 Å². The Kier molecular flexibility index (Phi) is 2.95. The van der Waals surface area contributed by atoms with Crippen LogP contribution in [0.5, 0.6) is 0 Å². The summed E-state index contributed by atoms with van der Waals surface area (Å²) in [5.74, 6) is 1.99. The van der Waals surface area contributed by atoms with E-state index in [1.807, 2.05) is 7.05 Å². The summed E-state index contributed by atoms with van der Waals surface area (Å²) in [6.45, 7) is 1.06. The number of aromatic amines is 1. The van der Waals surface area contributed by atoms with Gasteiger partial charge in [0.05, 0.1) is 0 Å². The fraction of sp³-hybridized carbons (Fsp3) is 0.786. The topological polar surface area (TPSA) is 40.7 Å². The van der Waals surface area contributed by atoms with E-state index in [-0.39, 0.29) is 0 Å². The van der Waals surface area contributed by atoms with Crippen molar-refractivity contribution in [1.29, 1.82) is 0 Å². The molecule has 2 fully saturated rings. The molecule has 1 aromatic heterocycles. The summed E-state index contributed by atoms with van der Waals surface area (Å²) in [5.41, 5.74) is 1.70. The van der Waals surface area contributed by atoms with Crippen LogP contribution in [0.1, 0.15) is 62.4 Å². The Morgan fingerprint density at radius 3 is 2.71 bits per heavy atom. The Hall–Kier alpha value is -0.830. The maximum Gasteiger partial charge on any atom is 0.113 e. The third-order valence-electron chi connectivity index (χ3n) is 4.72. The van der Waals surface area contributed by atoms with E-state index in [0.717, 1.165) is 12.5 Å². The predicted molar refractivity (Wildman–Crippen MR) is 69.3 cm³/mol. The molecule has 3 nitrogen and oxygen atoms in total. The molecule has 2 N–H and O–H groups in total. The number of rotatable bonds is 4. The van der Waals surface area contributed by atoms with Crippen molar-refractivity contribution in [3.63, 3.8) is 0 Å². The molecule has 3 rings (SSSR count). The minimum absolute atomic E-state index is 0.311. The third-order valence-corrected chi connectivity index (χ3v) is 4.72. The predicted octanol–water partition coefficient (Wildman–Crippen LogP) is 2.71. The van der Waals surface area contributed by atoms with Crippen LogP contribution in [0.4, 0.5) is 0 Å². The van der Waals surface area contributed by atoms with Crippen molar-refractivity contribution in [2.24, 2.45) is 0 Å². The van der Waals surface area contributed by atoms with Gasteiger partial charge in [0, 0.05) is 29.8 Å². The van der Waals surface area contributed by atoms with Gasteiger partial charge in [0.25, 0.3) is 0 Å². The number of hydrogen-bond donors (Lipinski definition) is 2. The molecule has 2 saturated carbocycles. The van der Waals surface area contributed by atoms with Crippen LogP contribution in [-0.2, 0) is 5.41 Å². The molecule has 0 bridgehead atoms. The van der Waals surface area contributed by atoms with Crippen molar-refractivity contribution in [3.05, 3.63) is 17.7 Å². The monoisotopic (exact) mass is 233 g/mol. The number of aromatic nitrogens is 2. The molecule has 0 radical (unpaired) electrons. The molecular weight excluding hydrogens is 210 g/mol. The van der Waals surface area contributed by atoms with Gasteiger partial charge in [-0.15, -0.1) is 0 Å². The van der Waals surface area contributed by atoms with Gasteiger partial charge in [-0.2, -0.15) is 0 Å². The quantitative estimate of drug-likeness (QED) is 0.839. The molecule has 0 unspecified atom stereocenters. The Morgan fingerprint density at radius 2 is 2.12 bits per heavy atom. The number of nitrogens with zero attached hydrogens (tertiary/aromatic N) is 1. The van der Waals surface area contributed by atoms with E-state index in [0.29, 0.717) is 5.41 Å². The molecule has 0 spiro atoms. The molecule has 0 amide bonds. The smallest absolute Gasteiger partial charge is 0.113 e. The Morgan fingerprint density at radius 1 is 1.35 bits per heavy atom. The summed E-state index contributed by atoms with van der Waals surface area (Å²) in [5, 5.41) is 3.33. The second kappa shape index (κ2) is 4.45. The van der Waals surface area contributed by atoms with Crippen molar-refractivity contribution in [2.75, 3.05) is 13.6 Å². The molecule has 94 valence electrons. The van der Waals surface area contributed by atoms with E-state index >= 15 is 0 Å². The maximum atomic E-state index is 4.68. The normalized spacial score (nSPS) is 23.8. The Labute approximate surface area is 103 Å². The lowest BCUT2D eigenvalue weighted by Gasteiger charge is -2.40. The number of H-pyrrole nitrogens is 1. The van der Waals surface area contributed by atoms with Crippen LogP contribution in [0.15, 0.2) is 6.20 Å². The van der Waals surface area contributed by atoms with Crippen molar-refractivity contribution >= 4 is 0 Å². The highest BCUT2D eigenvalue weighted by Gasteiger charge is 2.40. The Bertz CT molecular complexity index is 373. The molecule has 1 aromatic rings. The zero-order chi connectivity index (χ0) is 11.7. The van der Waals surface area contributed by atoms with Crippen molar-refractivity contribution < 1.29 is 0 Å². The first-order chi connectivity index (χ1) is 8.34. The lowest BCUT2D eigenvalue weighted by atomic mass is 9.68. The van der Waals surface area contributed by atoms with Crippen LogP contribution in [0.2, 0.25) is 0 Å². The average Bonchev–Trinajstić information content (AvgIpc) is 2.92. The minimum atomic E-state index is 0.311. The van der Waals surface area contributed by atoms with Crippen molar-refractivity contribution in [1.82, 2.24) is 15.3 Å². The first-order valence-electron chi connectivity index (χ1n) is 7.04. The van der Waals surface area contributed by atoms with Crippen LogP contribution >= 0.6 is 0 Å². The lowest BCUT2D eigenvalue weighted by Crippen LogP contribution is -2.43. The zero-order valence-corrected chi connectivity index (χ0v) is 10.8. The molecule has 3 heteroatoms. The molecular formula is C14H23N3. The van der Waals surface area contributed by atoms with Crippen molar-refractivity contribution in [3.8, 4) is 0 Å². The van der Waals surface area contributed by atoms with Crippen LogP contribution in [0.3, 0.4) is 0 Å². The summed E-state index contributed by atoms with van der Waals surface area (Å²) in [6.07, 6.45) is 11.5. The summed E-state index contributed by atoms with van der Waals surface area (Å²) in [7, 11) is 2.04. The second-order valence-corrected chi connectivity index (χ2v) is 5.83. The summed E-state index contributed by atoms with van der Waals surface area (Å²) in [4.78, 5) is 8.31. The van der Waals surface area contributed by atoms with E-state index < -0.39 is 0 Å². The van der Waals surface area contributed by atoms with Gasteiger partial charge in [-0.05, 0) is 32.7 Å². The van der Waals surface area contributed by atoms with E-state index in [4.69, 9.17) is 0 Å². The average molecular weight is 233 g/mol. The number of imidazole rings is 1. The van der Waals surface area contributed by atoms with Crippen LogP contribution in [0, 0.1) is 0 Å². The van der Waals surface area contributed by atoms with E-state index in [2.05, 4.69) is 21.5 Å². The van der Waals surface area contributed by atoms with Gasteiger partial charge in [0.15, 0.2) is 0 Å². The van der Waals surface area contributed by atoms with E-state index in [1.54, 1.807) is 0 Å². The SMILES string of the molecule is CNCC1(c2ncc(C3CCCC3)[nH]2)CCC1. The molecule has 1 heterocycles. The highest BCUT2D eigenvalue weighted by molar-refractivity contribution is 5.19. The van der Waals surface area contributed by atoms with Gasteiger partial charge in [0.2, 0.25) is 0 Å². The zero-order valence-electron chi connectivity index (χ0n) is 10.8. The third kappa shape index (κ3) is 1.90. The fourth-order valence-electron chi connectivity index (χ4n) is 3.49. The summed E-state index contributed by atoms with van der Waals surface area (Å²) >= 11 is 0. The van der Waals surface area contributed by atoms with Gasteiger partial charge in [-0.25, -0.2) is 4.98 Å². The molecule has 2 aliphatic rings. The summed E-state index contributed by atoms with van der Waals surface area (Å²) in [6, 6.07) is 0. The van der Waals surface area contributed by atoms with Gasteiger partial charge in [-0.3, -0.25) is 0 Å². The fourth-order valence-corrected chi connectivity index (χ4v) is 3.49. The number of likely N-dealkylation sites (N-methyl/N-ethyl adjacent to an activating group) is 1. The molecule has 0 aromatic carbocycles. The number of nitrogens with one attached hydrogen (secondary N) is 2. The van der Waals surface area contributed by atoms with Crippen molar-refractivity contribution in [2.45, 2.75) is 56.3 Å². The molecule has 0 aliphatic heterocycles. The van der Waals surface area contributed by atoms with Gasteiger partial charge >= 0.3 is 0 Å². The molecule has 17 heavy (non-hydrogen) atoms. The highest BCUT2D eigenvalue weighted by atomic mass is 15.0. The minimum Gasteiger partial charge on any atom is -0.345 e. The lowest BCUT2D eigenvalue weighted by molar-refractivity contribution is 0.226. The first-order valence-corrected chi connectivity index (χ1v) is 7.04. The summed E-state index contributed by atoms with van der Waals surface area (Å²) < 4.78 is 0.